The zero-order chi connectivity index (χ0) is 25.7. The molecule has 1 atom stereocenters. The van der Waals surface area contributed by atoms with E-state index in [2.05, 4.69) is 15.3 Å². The number of nitrogens with one attached hydrogen (secondary N) is 1. The van der Waals surface area contributed by atoms with E-state index in [-0.39, 0.29) is 42.2 Å². The van der Waals surface area contributed by atoms with Crippen LogP contribution in [-0.2, 0) is 17.9 Å². The maximum atomic E-state index is 13.5. The minimum Gasteiger partial charge on any atom is -0.483 e. The molecule has 1 amide bonds. The number of nitrogens with two attached hydrogens (primary N) is 1. The van der Waals surface area contributed by atoms with Gasteiger partial charge in [-0.25, -0.2) is 9.67 Å². The van der Waals surface area contributed by atoms with Crippen LogP contribution in [0.4, 0.5) is 5.95 Å². The van der Waals surface area contributed by atoms with Crippen LogP contribution >= 0.6 is 0 Å². The second-order valence-corrected chi connectivity index (χ2v) is 8.66. The van der Waals surface area contributed by atoms with E-state index >= 15 is 0 Å². The first-order valence-electron chi connectivity index (χ1n) is 12.0. The molecule has 3 aromatic rings. The molecule has 1 saturated heterocycles. The van der Waals surface area contributed by atoms with E-state index in [0.29, 0.717) is 30.1 Å². The number of hydrogen-bond donors (Lipinski definition) is 2. The summed E-state index contributed by atoms with van der Waals surface area (Å²) in [5.74, 6) is 0.259. The highest BCUT2D eigenvalue weighted by atomic mass is 16.5. The predicted molar refractivity (Wildman–Crippen MR) is 136 cm³/mol. The largest absolute Gasteiger partial charge is 0.483 e. The molecule has 11 heteroatoms. The van der Waals surface area contributed by atoms with Crippen molar-refractivity contribution in [3.8, 4) is 5.75 Å². The van der Waals surface area contributed by atoms with Crippen LogP contribution in [-0.4, -0.2) is 63.8 Å². The number of likely N-dealkylation sites (N-methyl/N-ethyl adjacent to an activating group) is 1. The summed E-state index contributed by atoms with van der Waals surface area (Å²) >= 11 is 0. The number of amides is 1. The molecule has 1 unspecified atom stereocenters. The van der Waals surface area contributed by atoms with Gasteiger partial charge in [0.2, 0.25) is 5.95 Å². The lowest BCUT2D eigenvalue weighted by molar-refractivity contribution is -0.122. The van der Waals surface area contributed by atoms with Gasteiger partial charge in [0.1, 0.15) is 23.3 Å². The van der Waals surface area contributed by atoms with Crippen molar-refractivity contribution in [2.24, 2.45) is 5.73 Å². The fourth-order valence-electron chi connectivity index (χ4n) is 4.26. The Morgan fingerprint density at radius 3 is 2.86 bits per heavy atom. The smallest absolute Gasteiger partial charge is 0.293 e. The van der Waals surface area contributed by atoms with Crippen LogP contribution in [0.25, 0.3) is 11.0 Å². The van der Waals surface area contributed by atoms with Crippen molar-refractivity contribution < 1.29 is 14.3 Å². The molecule has 1 aliphatic heterocycles. The van der Waals surface area contributed by atoms with Crippen LogP contribution in [0.5, 0.6) is 5.75 Å². The number of ether oxygens (including phenoxy) is 1. The monoisotopic (exact) mass is 493 g/mol. The highest BCUT2D eigenvalue weighted by molar-refractivity contribution is 5.98. The third kappa shape index (κ3) is 5.30. The van der Waals surface area contributed by atoms with Gasteiger partial charge in [-0.3, -0.25) is 14.4 Å². The zero-order valence-corrected chi connectivity index (χ0v) is 20.5. The fraction of sp³-hybridized carbons (Fsp3) is 0.400. The number of benzene rings is 1. The van der Waals surface area contributed by atoms with Crippen LogP contribution in [0.1, 0.15) is 30.1 Å². The molecular formula is C25H31N7O4. The van der Waals surface area contributed by atoms with Gasteiger partial charge >= 0.3 is 0 Å². The number of aromatic nitrogens is 4. The first-order chi connectivity index (χ1) is 17.4. The summed E-state index contributed by atoms with van der Waals surface area (Å²) in [6, 6.07) is 6.66. The Balaban J connectivity index is 1.67. The van der Waals surface area contributed by atoms with Gasteiger partial charge in [-0.05, 0) is 31.9 Å². The lowest BCUT2D eigenvalue weighted by Crippen LogP contribution is -2.44. The molecule has 1 aromatic carbocycles. The average molecular weight is 494 g/mol. The Hall–Kier alpha value is -3.99. The van der Waals surface area contributed by atoms with Gasteiger partial charge in [0.25, 0.3) is 11.5 Å². The third-order valence-corrected chi connectivity index (χ3v) is 6.11. The van der Waals surface area contributed by atoms with E-state index in [1.165, 1.54) is 13.2 Å². The van der Waals surface area contributed by atoms with Gasteiger partial charge in [0, 0.05) is 32.7 Å². The Kier molecular flexibility index (Phi) is 7.79. The van der Waals surface area contributed by atoms with Crippen LogP contribution in [0, 0.1) is 0 Å². The van der Waals surface area contributed by atoms with Crippen molar-refractivity contribution in [3.63, 3.8) is 0 Å². The van der Waals surface area contributed by atoms with E-state index in [0.717, 1.165) is 24.1 Å². The minimum absolute atomic E-state index is 0.0480. The molecule has 1 aliphatic rings. The number of fused-ring (bicyclic) bond motifs is 1. The number of carbonyl (C=O) groups is 2. The summed E-state index contributed by atoms with van der Waals surface area (Å²) in [7, 11) is 1.50. The molecule has 0 spiro atoms. The average Bonchev–Trinajstić information content (AvgIpc) is 3.27. The summed E-state index contributed by atoms with van der Waals surface area (Å²) in [4.78, 5) is 45.0. The Labute approximate surface area is 208 Å². The van der Waals surface area contributed by atoms with Crippen molar-refractivity contribution in [3.05, 3.63) is 58.5 Å². The summed E-state index contributed by atoms with van der Waals surface area (Å²) < 4.78 is 8.51. The quantitative estimate of drug-likeness (QED) is 0.334. The number of anilines is 1. The first kappa shape index (κ1) is 25.1. The van der Waals surface area contributed by atoms with Gasteiger partial charge in [0.15, 0.2) is 12.4 Å². The third-order valence-electron chi connectivity index (χ3n) is 6.11. The topological polar surface area (TPSA) is 137 Å². The maximum absolute atomic E-state index is 13.5. The van der Waals surface area contributed by atoms with Gasteiger partial charge in [0.05, 0.1) is 11.8 Å². The van der Waals surface area contributed by atoms with E-state index < -0.39 is 5.56 Å². The second-order valence-electron chi connectivity index (χ2n) is 8.66. The zero-order valence-electron chi connectivity index (χ0n) is 20.5. The van der Waals surface area contributed by atoms with Crippen molar-refractivity contribution in [1.29, 1.82) is 0 Å². The molecule has 0 aliphatic carbocycles. The molecule has 1 fully saturated rings. The molecule has 0 radical (unpaired) electrons. The number of carbonyl (C=O) groups excluding carboxylic acids is 2. The Morgan fingerprint density at radius 1 is 1.31 bits per heavy atom. The number of ketones is 1. The van der Waals surface area contributed by atoms with E-state index in [9.17, 15) is 14.4 Å². The maximum Gasteiger partial charge on any atom is 0.293 e. The number of hydrogen-bond acceptors (Lipinski definition) is 8. The van der Waals surface area contributed by atoms with Crippen molar-refractivity contribution >= 4 is 28.7 Å². The number of piperidine rings is 1. The normalized spacial score (nSPS) is 16.0. The SMILES string of the molecule is C/C=C/Cn1c(N2CCCC(N)C2)nc2cnn(CC(=O)c3ccccc3OCC(=O)NC)c(=O)c21. The van der Waals surface area contributed by atoms with E-state index in [4.69, 9.17) is 15.5 Å². The molecule has 0 bridgehead atoms. The molecule has 3 heterocycles. The number of rotatable bonds is 9. The van der Waals surface area contributed by atoms with E-state index in [1.807, 2.05) is 23.6 Å². The van der Waals surface area contributed by atoms with Crippen molar-refractivity contribution in [2.45, 2.75) is 38.9 Å². The van der Waals surface area contributed by atoms with Crippen LogP contribution in [0.2, 0.25) is 0 Å². The van der Waals surface area contributed by atoms with Crippen molar-refractivity contribution in [2.75, 3.05) is 31.6 Å². The van der Waals surface area contributed by atoms with Gasteiger partial charge in [-0.2, -0.15) is 5.10 Å². The second kappa shape index (κ2) is 11.2. The van der Waals surface area contributed by atoms with Crippen LogP contribution < -0.4 is 26.2 Å². The summed E-state index contributed by atoms with van der Waals surface area (Å²) in [6.45, 7) is 3.33. The number of nitrogens with zero attached hydrogens (tertiary/aromatic N) is 5. The Morgan fingerprint density at radius 2 is 2.11 bits per heavy atom. The predicted octanol–water partition coefficient (Wildman–Crippen LogP) is 1.10. The molecule has 3 N–H and O–H groups in total. The molecular weight excluding hydrogens is 462 g/mol. The summed E-state index contributed by atoms with van der Waals surface area (Å²) in [6.07, 6.45) is 7.28. The molecule has 4 rings (SSSR count). The lowest BCUT2D eigenvalue weighted by atomic mass is 10.1. The van der Waals surface area contributed by atoms with Gasteiger partial charge in [-0.15, -0.1) is 0 Å². The van der Waals surface area contributed by atoms with E-state index in [1.54, 1.807) is 24.3 Å². The molecule has 0 saturated carbocycles. The molecule has 2 aromatic heterocycles. The standard InChI is InChI=1S/C25H31N7O4/c1-3-4-12-31-23-19(29-25(31)30-11-7-8-17(26)14-30)13-28-32(24(23)35)15-20(33)18-9-5-6-10-21(18)36-16-22(34)27-2/h3-6,9-10,13,17H,7-8,11-12,14-16,26H2,1-2H3,(H,27,34)/b4-3+. The Bertz CT molecular complexity index is 1340. The van der Waals surface area contributed by atoms with Crippen LogP contribution in [0.3, 0.4) is 0 Å². The summed E-state index contributed by atoms with van der Waals surface area (Å²) in [5.41, 5.74) is 6.90. The minimum atomic E-state index is -0.408. The highest BCUT2D eigenvalue weighted by Crippen LogP contribution is 2.24. The van der Waals surface area contributed by atoms with Gasteiger partial charge < -0.3 is 25.3 Å². The molecule has 190 valence electrons. The van der Waals surface area contributed by atoms with Gasteiger partial charge in [-0.1, -0.05) is 24.3 Å². The highest BCUT2D eigenvalue weighted by Gasteiger charge is 2.25. The molecule has 11 nitrogen and oxygen atoms in total. The number of imidazole rings is 1. The number of allylic oxidation sites excluding steroid dienone is 2. The fourth-order valence-corrected chi connectivity index (χ4v) is 4.26. The van der Waals surface area contributed by atoms with Crippen LogP contribution in [0.15, 0.2) is 47.4 Å². The number of Topliss-reactive ketones (excluding diaryl/α,β-unsaturated/α-hetero) is 1. The first-order valence-corrected chi connectivity index (χ1v) is 12.0. The lowest BCUT2D eigenvalue weighted by Gasteiger charge is -2.31. The molecule has 36 heavy (non-hydrogen) atoms. The summed E-state index contributed by atoms with van der Waals surface area (Å²) in [5, 5.41) is 6.69. The van der Waals surface area contributed by atoms with Crippen molar-refractivity contribution in [1.82, 2.24) is 24.6 Å². The number of para-hydroxylation sites is 1.